The zero-order chi connectivity index (χ0) is 31.1. The molecule has 0 saturated heterocycles. The number of imidazole rings is 1. The summed E-state index contributed by atoms with van der Waals surface area (Å²) in [6.45, 7) is 5.86. The van der Waals surface area contributed by atoms with Gasteiger partial charge in [0.25, 0.3) is 5.91 Å². The summed E-state index contributed by atoms with van der Waals surface area (Å²) in [7, 11) is 0. The van der Waals surface area contributed by atoms with Gasteiger partial charge in [-0.15, -0.1) is 0 Å². The van der Waals surface area contributed by atoms with Crippen molar-refractivity contribution in [1.82, 2.24) is 19.4 Å². The average Bonchev–Trinajstić information content (AvgIpc) is 3.57. The highest BCUT2D eigenvalue weighted by molar-refractivity contribution is 6.04. The number of hydrogen-bond donors (Lipinski definition) is 3. The van der Waals surface area contributed by atoms with E-state index < -0.39 is 29.0 Å². The Morgan fingerprint density at radius 3 is 2.63 bits per heavy atom. The molecule has 0 spiro atoms. The highest BCUT2D eigenvalue weighted by atomic mass is 19.4. The molecule has 1 amide bonds. The summed E-state index contributed by atoms with van der Waals surface area (Å²) in [5.41, 5.74) is 6.14. The number of carboxylic acids is 1. The lowest BCUT2D eigenvalue weighted by molar-refractivity contribution is -0.151. The number of nitrogens with zero attached hydrogens (tertiary/aromatic N) is 4. The second kappa shape index (κ2) is 11.2. The number of anilines is 2. The van der Waals surface area contributed by atoms with Gasteiger partial charge in [0.1, 0.15) is 34.4 Å². The van der Waals surface area contributed by atoms with Gasteiger partial charge in [-0.2, -0.15) is 13.2 Å². The molecule has 0 radical (unpaired) electrons. The molecule has 1 aliphatic rings. The third kappa shape index (κ3) is 5.46. The number of amides is 1. The van der Waals surface area contributed by atoms with Crippen LogP contribution in [0.3, 0.4) is 0 Å². The van der Waals surface area contributed by atoms with Crippen molar-refractivity contribution in [3.63, 3.8) is 0 Å². The molecule has 10 nitrogen and oxygen atoms in total. The summed E-state index contributed by atoms with van der Waals surface area (Å²) >= 11 is 0. The van der Waals surface area contributed by atoms with Crippen LogP contribution in [-0.4, -0.2) is 42.9 Å². The van der Waals surface area contributed by atoms with Gasteiger partial charge in [-0.1, -0.05) is 13.8 Å². The standard InChI is InChI=1S/C30H31F3N6O4/c1-4-43-21-13-17(27(40)37-22-14-19(8-10-35-22)30(31,32)33)5-6-20(21)23-24-25(34)36-11-12-39(24)26(38-23)18-7-9-29(15-18,16(2)3)28(41)42/h5-6,8,10-14,16,18H,4,7,9,15H2,1-3H3,(H2,34,36)(H,41,42)(H,35,37,40)/t18-,29-/m1/s1. The zero-order valence-electron chi connectivity index (χ0n) is 23.8. The van der Waals surface area contributed by atoms with E-state index in [1.165, 1.54) is 12.1 Å². The predicted molar refractivity (Wildman–Crippen MR) is 153 cm³/mol. The number of alkyl halides is 3. The van der Waals surface area contributed by atoms with Gasteiger partial charge in [-0.25, -0.2) is 15.0 Å². The summed E-state index contributed by atoms with van der Waals surface area (Å²) in [5.74, 6) is -0.800. The van der Waals surface area contributed by atoms with Gasteiger partial charge in [-0.05, 0) is 62.4 Å². The van der Waals surface area contributed by atoms with Crippen LogP contribution in [-0.2, 0) is 11.0 Å². The molecule has 4 aromatic rings. The molecule has 2 atom stereocenters. The smallest absolute Gasteiger partial charge is 0.416 e. The van der Waals surface area contributed by atoms with Crippen LogP contribution in [0.25, 0.3) is 16.8 Å². The minimum atomic E-state index is -4.59. The van der Waals surface area contributed by atoms with Gasteiger partial charge in [0.2, 0.25) is 0 Å². The van der Waals surface area contributed by atoms with Crippen molar-refractivity contribution >= 4 is 29.0 Å². The molecule has 1 saturated carbocycles. The van der Waals surface area contributed by atoms with Crippen LogP contribution in [0.15, 0.2) is 48.9 Å². The number of nitrogens with one attached hydrogen (secondary N) is 1. The van der Waals surface area contributed by atoms with Crippen LogP contribution in [0.5, 0.6) is 5.75 Å². The minimum Gasteiger partial charge on any atom is -0.493 e. The van der Waals surface area contributed by atoms with E-state index in [9.17, 15) is 27.9 Å². The molecule has 0 aliphatic heterocycles. The Hall–Kier alpha value is -4.68. The summed E-state index contributed by atoms with van der Waals surface area (Å²) in [4.78, 5) is 38.3. The maximum Gasteiger partial charge on any atom is 0.416 e. The first kappa shape index (κ1) is 29.8. The second-order valence-corrected chi connectivity index (χ2v) is 10.9. The Labute approximate surface area is 245 Å². The molecule has 226 valence electrons. The Morgan fingerprint density at radius 2 is 1.98 bits per heavy atom. The van der Waals surface area contributed by atoms with E-state index in [0.29, 0.717) is 47.6 Å². The molecule has 1 aromatic carbocycles. The third-order valence-electron chi connectivity index (χ3n) is 8.18. The van der Waals surface area contributed by atoms with Crippen molar-refractivity contribution in [1.29, 1.82) is 0 Å². The van der Waals surface area contributed by atoms with Crippen molar-refractivity contribution in [3.8, 4) is 17.0 Å². The Balaban J connectivity index is 1.53. The molecular weight excluding hydrogens is 565 g/mol. The van der Waals surface area contributed by atoms with E-state index >= 15 is 0 Å². The monoisotopic (exact) mass is 596 g/mol. The first-order chi connectivity index (χ1) is 20.4. The van der Waals surface area contributed by atoms with Gasteiger partial charge >= 0.3 is 12.1 Å². The SMILES string of the molecule is CCOc1cc(C(=O)Nc2cc(C(F)(F)F)ccn2)ccc1-c1nc([C@@H]2CC[C@](C(=O)O)(C(C)C)C2)n2ccnc(N)c12. The molecule has 0 unspecified atom stereocenters. The van der Waals surface area contributed by atoms with Crippen LogP contribution in [0, 0.1) is 11.3 Å². The number of rotatable bonds is 8. The maximum absolute atomic E-state index is 13.1. The summed E-state index contributed by atoms with van der Waals surface area (Å²) < 4.78 is 47.1. The molecule has 0 bridgehead atoms. The highest BCUT2D eigenvalue weighted by Crippen LogP contribution is 2.51. The minimum absolute atomic E-state index is 0.0678. The molecule has 5 rings (SSSR count). The largest absolute Gasteiger partial charge is 0.493 e. The molecule has 43 heavy (non-hydrogen) atoms. The predicted octanol–water partition coefficient (Wildman–Crippen LogP) is 6.04. The normalized spacial score (nSPS) is 18.7. The first-order valence-electron chi connectivity index (χ1n) is 13.8. The van der Waals surface area contributed by atoms with Gasteiger partial charge in [-0.3, -0.25) is 14.0 Å². The number of halogens is 3. The topological polar surface area (TPSA) is 145 Å². The number of fused-ring (bicyclic) bond motifs is 1. The molecule has 3 heterocycles. The average molecular weight is 597 g/mol. The molecule has 4 N–H and O–H groups in total. The number of nitrogen functional groups attached to an aromatic ring is 1. The van der Waals surface area contributed by atoms with Crippen molar-refractivity contribution in [2.75, 3.05) is 17.7 Å². The fourth-order valence-electron chi connectivity index (χ4n) is 5.82. The first-order valence-corrected chi connectivity index (χ1v) is 13.8. The van der Waals surface area contributed by atoms with Gasteiger partial charge in [0.05, 0.1) is 17.6 Å². The molecule has 1 aliphatic carbocycles. The fourth-order valence-corrected chi connectivity index (χ4v) is 5.82. The Morgan fingerprint density at radius 1 is 1.21 bits per heavy atom. The lowest BCUT2D eigenvalue weighted by Gasteiger charge is -2.28. The van der Waals surface area contributed by atoms with Crippen LogP contribution < -0.4 is 15.8 Å². The Bertz CT molecular complexity index is 1700. The number of carboxylic acid groups (broad SMARTS) is 1. The van der Waals surface area contributed by atoms with Crippen molar-refractivity contribution in [3.05, 3.63) is 65.9 Å². The van der Waals surface area contributed by atoms with Crippen molar-refractivity contribution in [2.45, 2.75) is 52.1 Å². The van der Waals surface area contributed by atoms with Crippen molar-refractivity contribution in [2.24, 2.45) is 11.3 Å². The van der Waals surface area contributed by atoms with Crippen LogP contribution in [0.4, 0.5) is 24.8 Å². The quantitative estimate of drug-likeness (QED) is 0.223. The fraction of sp³-hybridized carbons (Fsp3) is 0.367. The number of benzene rings is 1. The number of carbonyl (C=O) groups excluding carboxylic acids is 1. The lowest BCUT2D eigenvalue weighted by atomic mass is 9.75. The highest BCUT2D eigenvalue weighted by Gasteiger charge is 2.49. The summed E-state index contributed by atoms with van der Waals surface area (Å²) in [6.07, 6.45) is 1.24. The van der Waals surface area contributed by atoms with Gasteiger partial charge in [0.15, 0.2) is 0 Å². The number of pyridine rings is 1. The molecular formula is C30H31F3N6O4. The lowest BCUT2D eigenvalue weighted by Crippen LogP contribution is -2.33. The van der Waals surface area contributed by atoms with Crippen LogP contribution >= 0.6 is 0 Å². The van der Waals surface area contributed by atoms with Gasteiger partial charge in [0, 0.05) is 35.6 Å². The molecule has 1 fully saturated rings. The summed E-state index contributed by atoms with van der Waals surface area (Å²) in [6, 6.07) is 6.18. The number of aliphatic carboxylic acids is 1. The van der Waals surface area contributed by atoms with E-state index in [2.05, 4.69) is 15.3 Å². The van der Waals surface area contributed by atoms with E-state index in [4.69, 9.17) is 15.5 Å². The van der Waals surface area contributed by atoms with Crippen LogP contribution in [0.2, 0.25) is 0 Å². The third-order valence-corrected chi connectivity index (χ3v) is 8.18. The summed E-state index contributed by atoms with van der Waals surface area (Å²) in [5, 5.41) is 12.5. The number of ether oxygens (including phenoxy) is 1. The molecule has 3 aromatic heterocycles. The second-order valence-electron chi connectivity index (χ2n) is 10.9. The van der Waals surface area contributed by atoms with Crippen molar-refractivity contribution < 1.29 is 32.6 Å². The van der Waals surface area contributed by atoms with E-state index in [-0.39, 0.29) is 35.6 Å². The van der Waals surface area contributed by atoms with Gasteiger partial charge < -0.3 is 20.9 Å². The molecule has 13 heteroatoms. The van der Waals surface area contributed by atoms with E-state index in [1.807, 2.05) is 18.2 Å². The number of aromatic nitrogens is 4. The van der Waals surface area contributed by atoms with E-state index in [0.717, 1.165) is 18.3 Å². The maximum atomic E-state index is 13.1. The van der Waals surface area contributed by atoms with Crippen LogP contribution in [0.1, 0.15) is 67.7 Å². The number of hydrogen-bond acceptors (Lipinski definition) is 7. The zero-order valence-corrected chi connectivity index (χ0v) is 23.8. The number of carbonyl (C=O) groups is 2. The Kier molecular flexibility index (Phi) is 7.76. The van der Waals surface area contributed by atoms with E-state index in [1.54, 1.807) is 25.4 Å². The number of nitrogens with two attached hydrogens (primary N) is 1.